The van der Waals surface area contributed by atoms with Crippen molar-refractivity contribution in [2.24, 2.45) is 5.92 Å². The number of aliphatic hydroxyl groups is 1. The summed E-state index contributed by atoms with van der Waals surface area (Å²) < 4.78 is 0. The van der Waals surface area contributed by atoms with Gasteiger partial charge in [-0.3, -0.25) is 9.59 Å². The van der Waals surface area contributed by atoms with E-state index < -0.39 is 11.9 Å². The predicted octanol–water partition coefficient (Wildman–Crippen LogP) is 1.07. The molecule has 0 rings (SSSR count). The van der Waals surface area contributed by atoms with Gasteiger partial charge in [-0.2, -0.15) is 0 Å². The molecule has 0 aliphatic carbocycles. The molecule has 2 N–H and O–H groups in total. The minimum atomic E-state index is -1.06. The Hall–Kier alpha value is -0.900. The number of carboxylic acid groups (broad SMARTS) is 1. The van der Waals surface area contributed by atoms with Gasteiger partial charge in [-0.25, -0.2) is 0 Å². The van der Waals surface area contributed by atoms with Crippen LogP contribution in [0.1, 0.15) is 33.6 Å². The van der Waals surface area contributed by atoms with Crippen molar-refractivity contribution in [3.8, 4) is 0 Å². The van der Waals surface area contributed by atoms with Gasteiger partial charge < -0.3 is 10.2 Å². The van der Waals surface area contributed by atoms with Crippen LogP contribution < -0.4 is 0 Å². The number of unbranched alkanes of at least 4 members (excludes halogenated alkanes) is 1. The lowest BCUT2D eigenvalue weighted by Crippen LogP contribution is -2.16. The Kier molecular flexibility index (Phi) is 10.3. The van der Waals surface area contributed by atoms with E-state index in [0.29, 0.717) is 6.61 Å². The number of carboxylic acids is 1. The molecule has 0 bridgehead atoms. The van der Waals surface area contributed by atoms with Gasteiger partial charge in [0.1, 0.15) is 11.7 Å². The van der Waals surface area contributed by atoms with Crippen LogP contribution in [-0.2, 0) is 9.59 Å². The Labute approximate surface area is 78.6 Å². The maximum absolute atomic E-state index is 10.2. The fourth-order valence-electron chi connectivity index (χ4n) is 0.332. The first-order chi connectivity index (χ1) is 5.97. The normalized spacial score (nSPS) is 11.1. The average molecular weight is 190 g/mol. The topological polar surface area (TPSA) is 74.6 Å². The van der Waals surface area contributed by atoms with Crippen molar-refractivity contribution in [2.45, 2.75) is 33.6 Å². The van der Waals surface area contributed by atoms with Crippen LogP contribution in [0.3, 0.4) is 0 Å². The van der Waals surface area contributed by atoms with E-state index in [1.165, 1.54) is 13.8 Å². The fourth-order valence-corrected chi connectivity index (χ4v) is 0.332. The molecule has 0 saturated heterocycles. The van der Waals surface area contributed by atoms with Gasteiger partial charge >= 0.3 is 5.97 Å². The molecule has 4 nitrogen and oxygen atoms in total. The molecule has 0 amide bonds. The van der Waals surface area contributed by atoms with E-state index in [4.69, 9.17) is 10.2 Å². The molecule has 0 heterocycles. The second kappa shape index (κ2) is 9.19. The molecule has 0 saturated carbocycles. The Bertz CT molecular complexity index is 138. The van der Waals surface area contributed by atoms with Crippen molar-refractivity contribution < 1.29 is 19.8 Å². The molecule has 0 aromatic rings. The Balaban J connectivity index is 0. The Morgan fingerprint density at radius 1 is 1.38 bits per heavy atom. The third-order valence-corrected chi connectivity index (χ3v) is 1.49. The van der Waals surface area contributed by atoms with Crippen molar-refractivity contribution in [1.29, 1.82) is 0 Å². The second-order valence-corrected chi connectivity index (χ2v) is 2.75. The number of aliphatic carboxylic acids is 1. The highest BCUT2D eigenvalue weighted by atomic mass is 16.4. The summed E-state index contributed by atoms with van der Waals surface area (Å²) in [5.74, 6) is -2.22. The minimum Gasteiger partial charge on any atom is -0.481 e. The van der Waals surface area contributed by atoms with Crippen LogP contribution in [0.4, 0.5) is 0 Å². The molecule has 0 aliphatic heterocycles. The first kappa shape index (κ1) is 14.6. The standard InChI is InChI=1S/C5H8O3.C4H10O/c1-3(4(2)6)5(7)8;1-2-3-4-5/h3H,1-2H3,(H,7,8);5H,2-4H2,1H3. The molecule has 0 aromatic heterocycles. The monoisotopic (exact) mass is 190 g/mol. The summed E-state index contributed by atoms with van der Waals surface area (Å²) in [5.41, 5.74) is 0. The zero-order chi connectivity index (χ0) is 10.9. The highest BCUT2D eigenvalue weighted by Gasteiger charge is 2.14. The Morgan fingerprint density at radius 2 is 1.85 bits per heavy atom. The maximum Gasteiger partial charge on any atom is 0.313 e. The zero-order valence-corrected chi connectivity index (χ0v) is 8.41. The van der Waals surface area contributed by atoms with E-state index in [-0.39, 0.29) is 5.78 Å². The van der Waals surface area contributed by atoms with Gasteiger partial charge in [-0.1, -0.05) is 13.3 Å². The second-order valence-electron chi connectivity index (χ2n) is 2.75. The van der Waals surface area contributed by atoms with Crippen molar-refractivity contribution >= 4 is 11.8 Å². The molecule has 0 fully saturated rings. The third kappa shape index (κ3) is 11.1. The summed E-state index contributed by atoms with van der Waals surface area (Å²) in [7, 11) is 0. The number of rotatable bonds is 4. The molecule has 1 atom stereocenters. The van der Waals surface area contributed by atoms with Crippen LogP contribution in [0.5, 0.6) is 0 Å². The van der Waals surface area contributed by atoms with Gasteiger partial charge in [-0.15, -0.1) is 0 Å². The largest absolute Gasteiger partial charge is 0.481 e. The highest BCUT2D eigenvalue weighted by molar-refractivity contribution is 5.96. The predicted molar refractivity (Wildman–Crippen MR) is 49.5 cm³/mol. The fraction of sp³-hybridized carbons (Fsp3) is 0.778. The molecule has 1 unspecified atom stereocenters. The smallest absolute Gasteiger partial charge is 0.313 e. The molecule has 0 aliphatic rings. The first-order valence-electron chi connectivity index (χ1n) is 4.31. The van der Waals surface area contributed by atoms with Crippen molar-refractivity contribution in [2.75, 3.05) is 6.61 Å². The lowest BCUT2D eigenvalue weighted by Gasteiger charge is -1.96. The lowest BCUT2D eigenvalue weighted by atomic mass is 10.1. The summed E-state index contributed by atoms with van der Waals surface area (Å²) in [6, 6.07) is 0. The van der Waals surface area contributed by atoms with Crippen LogP contribution in [0, 0.1) is 5.92 Å². The van der Waals surface area contributed by atoms with E-state index in [0.717, 1.165) is 12.8 Å². The van der Waals surface area contributed by atoms with Crippen LogP contribution in [0.2, 0.25) is 0 Å². The van der Waals surface area contributed by atoms with E-state index >= 15 is 0 Å². The Morgan fingerprint density at radius 3 is 1.85 bits per heavy atom. The van der Waals surface area contributed by atoms with Gasteiger partial charge in [0.2, 0.25) is 0 Å². The van der Waals surface area contributed by atoms with Gasteiger partial charge in [0.15, 0.2) is 0 Å². The van der Waals surface area contributed by atoms with E-state index in [2.05, 4.69) is 6.92 Å². The quantitative estimate of drug-likeness (QED) is 0.650. The van der Waals surface area contributed by atoms with Gasteiger partial charge in [-0.05, 0) is 20.3 Å². The first-order valence-corrected chi connectivity index (χ1v) is 4.31. The molecule has 13 heavy (non-hydrogen) atoms. The molecule has 0 spiro atoms. The summed E-state index contributed by atoms with van der Waals surface area (Å²) in [6.07, 6.45) is 2.04. The minimum absolute atomic E-state index is 0.308. The number of Topliss-reactive ketones (excluding diaryl/α,β-unsaturated/α-hetero) is 1. The molecular formula is C9H18O4. The highest BCUT2D eigenvalue weighted by Crippen LogP contribution is 1.93. The van der Waals surface area contributed by atoms with Crippen molar-refractivity contribution in [3.63, 3.8) is 0 Å². The number of ketones is 1. The van der Waals surface area contributed by atoms with Crippen molar-refractivity contribution in [3.05, 3.63) is 0 Å². The molecular weight excluding hydrogens is 172 g/mol. The third-order valence-electron chi connectivity index (χ3n) is 1.49. The number of hydrogen-bond acceptors (Lipinski definition) is 3. The average Bonchev–Trinajstić information content (AvgIpc) is 2.05. The SMILES string of the molecule is CC(=O)C(C)C(=O)O.CCCCO. The van der Waals surface area contributed by atoms with Crippen LogP contribution in [0.15, 0.2) is 0 Å². The van der Waals surface area contributed by atoms with Gasteiger partial charge in [0.05, 0.1) is 0 Å². The zero-order valence-electron chi connectivity index (χ0n) is 8.41. The van der Waals surface area contributed by atoms with Gasteiger partial charge in [0.25, 0.3) is 0 Å². The lowest BCUT2D eigenvalue weighted by molar-refractivity contribution is -0.144. The summed E-state index contributed by atoms with van der Waals surface area (Å²) >= 11 is 0. The summed E-state index contributed by atoms with van der Waals surface area (Å²) in [5, 5.41) is 16.2. The van der Waals surface area contributed by atoms with E-state index in [9.17, 15) is 9.59 Å². The molecule has 0 radical (unpaired) electrons. The molecule has 4 heteroatoms. The van der Waals surface area contributed by atoms with E-state index in [1.54, 1.807) is 0 Å². The summed E-state index contributed by atoms with van der Waals surface area (Å²) in [4.78, 5) is 20.1. The maximum atomic E-state index is 10.2. The molecule has 78 valence electrons. The number of carbonyl (C=O) groups excluding carboxylic acids is 1. The number of carbonyl (C=O) groups is 2. The molecule has 0 aromatic carbocycles. The van der Waals surface area contributed by atoms with E-state index in [1.807, 2.05) is 0 Å². The van der Waals surface area contributed by atoms with Crippen LogP contribution in [0.25, 0.3) is 0 Å². The van der Waals surface area contributed by atoms with Crippen LogP contribution in [-0.4, -0.2) is 28.6 Å². The van der Waals surface area contributed by atoms with Crippen LogP contribution >= 0.6 is 0 Å². The van der Waals surface area contributed by atoms with Gasteiger partial charge in [0, 0.05) is 6.61 Å². The number of hydrogen-bond donors (Lipinski definition) is 2. The summed E-state index contributed by atoms with van der Waals surface area (Å²) in [6.45, 7) is 5.02. The number of aliphatic hydroxyl groups excluding tert-OH is 1. The van der Waals surface area contributed by atoms with Crippen molar-refractivity contribution in [1.82, 2.24) is 0 Å².